The number of hydrogen-bond acceptors (Lipinski definition) is 2. The SMILES string of the molecule is O=S(=O)(c1ccc(F)cc1)N1CC2CC2C1. The van der Waals surface area contributed by atoms with Gasteiger partial charge in [0.1, 0.15) is 5.82 Å². The number of nitrogens with zero attached hydrogens (tertiary/aromatic N) is 1. The van der Waals surface area contributed by atoms with Gasteiger partial charge in [0.15, 0.2) is 0 Å². The summed E-state index contributed by atoms with van der Waals surface area (Å²) in [6.07, 6.45) is 1.16. The average molecular weight is 241 g/mol. The first-order valence-electron chi connectivity index (χ1n) is 5.33. The van der Waals surface area contributed by atoms with Crippen LogP contribution < -0.4 is 0 Å². The van der Waals surface area contributed by atoms with Gasteiger partial charge in [-0.1, -0.05) is 0 Å². The van der Waals surface area contributed by atoms with Crippen molar-refractivity contribution in [1.82, 2.24) is 4.31 Å². The summed E-state index contributed by atoms with van der Waals surface area (Å²) in [5.74, 6) is 0.716. The molecule has 2 atom stereocenters. The Bertz CT molecular complexity index is 501. The second kappa shape index (κ2) is 3.28. The highest BCUT2D eigenvalue weighted by molar-refractivity contribution is 7.89. The smallest absolute Gasteiger partial charge is 0.207 e. The first-order chi connectivity index (χ1) is 7.57. The lowest BCUT2D eigenvalue weighted by Gasteiger charge is -2.17. The molecule has 0 N–H and O–H groups in total. The van der Waals surface area contributed by atoms with E-state index in [1.807, 2.05) is 0 Å². The molecule has 1 saturated carbocycles. The summed E-state index contributed by atoms with van der Waals surface area (Å²) in [7, 11) is -3.39. The van der Waals surface area contributed by atoms with Crippen LogP contribution in [0, 0.1) is 17.7 Å². The van der Waals surface area contributed by atoms with E-state index in [0.29, 0.717) is 24.9 Å². The van der Waals surface area contributed by atoms with E-state index in [-0.39, 0.29) is 4.90 Å². The molecule has 5 heteroatoms. The van der Waals surface area contributed by atoms with Crippen molar-refractivity contribution < 1.29 is 12.8 Å². The quantitative estimate of drug-likeness (QED) is 0.786. The molecule has 16 heavy (non-hydrogen) atoms. The van der Waals surface area contributed by atoms with Crippen molar-refractivity contribution in [2.24, 2.45) is 11.8 Å². The maximum atomic E-state index is 12.7. The van der Waals surface area contributed by atoms with Crippen LogP contribution in [0.25, 0.3) is 0 Å². The highest BCUT2D eigenvalue weighted by Gasteiger charge is 2.48. The summed E-state index contributed by atoms with van der Waals surface area (Å²) in [6.45, 7) is 1.26. The van der Waals surface area contributed by atoms with E-state index in [1.54, 1.807) is 0 Å². The number of piperidine rings is 1. The fourth-order valence-corrected chi connectivity index (χ4v) is 3.86. The predicted octanol–water partition coefficient (Wildman–Crippen LogP) is 1.47. The lowest BCUT2D eigenvalue weighted by Crippen LogP contribution is -2.30. The van der Waals surface area contributed by atoms with Crippen molar-refractivity contribution in [3.63, 3.8) is 0 Å². The van der Waals surface area contributed by atoms with Crippen LogP contribution in [-0.2, 0) is 10.0 Å². The molecule has 0 aromatic heterocycles. The van der Waals surface area contributed by atoms with Crippen molar-refractivity contribution in [2.75, 3.05) is 13.1 Å². The maximum absolute atomic E-state index is 12.7. The Morgan fingerprint density at radius 1 is 1.12 bits per heavy atom. The van der Waals surface area contributed by atoms with E-state index in [4.69, 9.17) is 0 Å². The lowest BCUT2D eigenvalue weighted by atomic mass is 10.4. The van der Waals surface area contributed by atoms with Crippen molar-refractivity contribution in [3.05, 3.63) is 30.1 Å². The molecule has 0 amide bonds. The van der Waals surface area contributed by atoms with Gasteiger partial charge in [-0.3, -0.25) is 0 Å². The van der Waals surface area contributed by atoms with E-state index in [0.717, 1.165) is 6.42 Å². The van der Waals surface area contributed by atoms with Gasteiger partial charge in [-0.15, -0.1) is 0 Å². The van der Waals surface area contributed by atoms with Crippen molar-refractivity contribution >= 4 is 10.0 Å². The molecular formula is C11H12FNO2S. The fourth-order valence-electron chi connectivity index (χ4n) is 2.31. The topological polar surface area (TPSA) is 37.4 Å². The summed E-state index contributed by atoms with van der Waals surface area (Å²) in [4.78, 5) is 0.190. The highest BCUT2D eigenvalue weighted by atomic mass is 32.2. The molecule has 1 aromatic carbocycles. The Hall–Kier alpha value is -0.940. The highest BCUT2D eigenvalue weighted by Crippen LogP contribution is 2.46. The van der Waals surface area contributed by atoms with Gasteiger partial charge >= 0.3 is 0 Å². The molecule has 0 spiro atoms. The van der Waals surface area contributed by atoms with Gasteiger partial charge in [0.2, 0.25) is 10.0 Å². The molecule has 1 aliphatic heterocycles. The zero-order chi connectivity index (χ0) is 11.3. The molecule has 1 aromatic rings. The van der Waals surface area contributed by atoms with E-state index in [1.165, 1.54) is 28.6 Å². The minimum atomic E-state index is -3.39. The van der Waals surface area contributed by atoms with Crippen molar-refractivity contribution in [2.45, 2.75) is 11.3 Å². The van der Waals surface area contributed by atoms with Crippen LogP contribution in [0.4, 0.5) is 4.39 Å². The van der Waals surface area contributed by atoms with Gasteiger partial charge in [0.25, 0.3) is 0 Å². The number of benzene rings is 1. The molecule has 2 aliphatic rings. The third kappa shape index (κ3) is 1.55. The van der Waals surface area contributed by atoms with Crippen LogP contribution >= 0.6 is 0 Å². The second-order valence-corrected chi connectivity index (χ2v) is 6.47. The molecular weight excluding hydrogens is 229 g/mol. The summed E-state index contributed by atoms with van der Waals surface area (Å²) in [5, 5.41) is 0. The monoisotopic (exact) mass is 241 g/mol. The summed E-state index contributed by atoms with van der Waals surface area (Å²) >= 11 is 0. The first kappa shape index (κ1) is 10.2. The van der Waals surface area contributed by atoms with Gasteiger partial charge in [0.05, 0.1) is 4.90 Å². The molecule has 2 unspecified atom stereocenters. The first-order valence-corrected chi connectivity index (χ1v) is 6.77. The molecule has 1 heterocycles. The number of sulfonamides is 1. The Balaban J connectivity index is 1.89. The fraction of sp³-hybridized carbons (Fsp3) is 0.455. The van der Waals surface area contributed by atoms with Crippen LogP contribution in [0.15, 0.2) is 29.2 Å². The average Bonchev–Trinajstić information content (AvgIpc) is 2.86. The molecule has 2 fully saturated rings. The summed E-state index contributed by atoms with van der Waals surface area (Å²) < 4.78 is 38.5. The zero-order valence-electron chi connectivity index (χ0n) is 8.64. The normalized spacial score (nSPS) is 29.1. The van der Waals surface area contributed by atoms with Gasteiger partial charge in [0, 0.05) is 13.1 Å². The molecule has 1 aliphatic carbocycles. The van der Waals surface area contributed by atoms with Crippen LogP contribution in [-0.4, -0.2) is 25.8 Å². The largest absolute Gasteiger partial charge is 0.243 e. The van der Waals surface area contributed by atoms with Gasteiger partial charge in [-0.25, -0.2) is 12.8 Å². The standard InChI is InChI=1S/C11H12FNO2S/c12-10-1-3-11(4-2-10)16(14,15)13-6-8-5-9(8)7-13/h1-4,8-9H,5-7H2. The van der Waals surface area contributed by atoms with Gasteiger partial charge < -0.3 is 0 Å². The predicted molar refractivity (Wildman–Crippen MR) is 56.8 cm³/mol. The van der Waals surface area contributed by atoms with Crippen LogP contribution in [0.5, 0.6) is 0 Å². The minimum Gasteiger partial charge on any atom is -0.207 e. The molecule has 0 radical (unpaired) electrons. The van der Waals surface area contributed by atoms with E-state index < -0.39 is 15.8 Å². The lowest BCUT2D eigenvalue weighted by molar-refractivity contribution is 0.442. The van der Waals surface area contributed by atoms with Crippen LogP contribution in [0.1, 0.15) is 6.42 Å². The molecule has 0 bridgehead atoms. The summed E-state index contributed by atoms with van der Waals surface area (Å²) in [6, 6.07) is 5.02. The Labute approximate surface area is 93.9 Å². The third-order valence-electron chi connectivity index (χ3n) is 3.40. The Morgan fingerprint density at radius 2 is 1.69 bits per heavy atom. The van der Waals surface area contributed by atoms with Crippen molar-refractivity contribution in [1.29, 1.82) is 0 Å². The Kier molecular flexibility index (Phi) is 2.09. The molecule has 86 valence electrons. The van der Waals surface area contributed by atoms with E-state index in [2.05, 4.69) is 0 Å². The number of hydrogen-bond donors (Lipinski definition) is 0. The van der Waals surface area contributed by atoms with E-state index in [9.17, 15) is 12.8 Å². The van der Waals surface area contributed by atoms with Crippen molar-refractivity contribution in [3.8, 4) is 0 Å². The number of rotatable bonds is 2. The van der Waals surface area contributed by atoms with Gasteiger partial charge in [-0.05, 0) is 42.5 Å². The van der Waals surface area contributed by atoms with E-state index >= 15 is 0 Å². The number of fused-ring (bicyclic) bond motifs is 1. The third-order valence-corrected chi connectivity index (χ3v) is 5.24. The maximum Gasteiger partial charge on any atom is 0.243 e. The van der Waals surface area contributed by atoms with Crippen LogP contribution in [0.2, 0.25) is 0 Å². The molecule has 3 nitrogen and oxygen atoms in total. The minimum absolute atomic E-state index is 0.190. The van der Waals surface area contributed by atoms with Crippen LogP contribution in [0.3, 0.4) is 0 Å². The Morgan fingerprint density at radius 3 is 2.25 bits per heavy atom. The molecule has 3 rings (SSSR count). The zero-order valence-corrected chi connectivity index (χ0v) is 9.45. The molecule has 1 saturated heterocycles. The second-order valence-electron chi connectivity index (χ2n) is 4.53. The summed E-state index contributed by atoms with van der Waals surface area (Å²) in [5.41, 5.74) is 0. The number of halogens is 1. The van der Waals surface area contributed by atoms with Gasteiger partial charge in [-0.2, -0.15) is 4.31 Å².